The first-order valence-corrected chi connectivity index (χ1v) is 7.82. The number of hydrogen-bond donors (Lipinski definition) is 0. The van der Waals surface area contributed by atoms with E-state index in [1.54, 1.807) is 4.68 Å². The summed E-state index contributed by atoms with van der Waals surface area (Å²) in [5.41, 5.74) is 3.42. The zero-order valence-corrected chi connectivity index (χ0v) is 12.8. The van der Waals surface area contributed by atoms with Crippen LogP contribution in [0.3, 0.4) is 0 Å². The van der Waals surface area contributed by atoms with Gasteiger partial charge in [-0.3, -0.25) is 9.58 Å². The van der Waals surface area contributed by atoms with Crippen LogP contribution < -0.4 is 0 Å². The summed E-state index contributed by atoms with van der Waals surface area (Å²) in [6, 6.07) is 0. The fraction of sp³-hybridized carbons (Fsp3) is 0.533. The second-order valence-corrected chi connectivity index (χ2v) is 6.44. The van der Waals surface area contributed by atoms with Gasteiger partial charge in [0.2, 0.25) is 0 Å². The second kappa shape index (κ2) is 5.07. The number of aryl methyl sites for hydroxylation is 1. The fourth-order valence-electron chi connectivity index (χ4n) is 2.89. The van der Waals surface area contributed by atoms with Gasteiger partial charge in [-0.1, -0.05) is 11.6 Å². The van der Waals surface area contributed by atoms with E-state index in [0.717, 1.165) is 42.6 Å². The van der Waals surface area contributed by atoms with Crippen LogP contribution in [0.1, 0.15) is 41.5 Å². The van der Waals surface area contributed by atoms with Crippen molar-refractivity contribution in [1.29, 1.82) is 0 Å². The molecule has 0 radical (unpaired) electrons. The van der Waals surface area contributed by atoms with Crippen LogP contribution in [0, 0.1) is 0 Å². The third kappa shape index (κ3) is 2.68. The molecule has 0 aromatic carbocycles. The molecule has 2 aromatic rings. The summed E-state index contributed by atoms with van der Waals surface area (Å²) in [6.45, 7) is 2.66. The third-order valence-electron chi connectivity index (χ3n) is 4.20. The zero-order valence-electron chi connectivity index (χ0n) is 12.1. The molecule has 2 aromatic heterocycles. The average molecular weight is 304 g/mol. The van der Waals surface area contributed by atoms with Crippen LogP contribution in [0.4, 0.5) is 0 Å². The number of rotatable bonds is 3. The zero-order chi connectivity index (χ0) is 14.4. The van der Waals surface area contributed by atoms with E-state index < -0.39 is 0 Å². The van der Waals surface area contributed by atoms with Gasteiger partial charge < -0.3 is 0 Å². The van der Waals surface area contributed by atoms with E-state index in [1.807, 2.05) is 19.4 Å². The van der Waals surface area contributed by atoms with Gasteiger partial charge in [-0.2, -0.15) is 5.10 Å². The predicted molar refractivity (Wildman–Crippen MR) is 80.0 cm³/mol. The number of nitrogens with zero attached hydrogens (tertiary/aromatic N) is 5. The first kappa shape index (κ1) is 13.2. The molecular weight excluding hydrogens is 286 g/mol. The molecule has 0 bridgehead atoms. The molecule has 0 N–H and O–H groups in total. The number of hydrogen-bond acceptors (Lipinski definition) is 4. The summed E-state index contributed by atoms with van der Waals surface area (Å²) in [7, 11) is 1.90. The fourth-order valence-corrected chi connectivity index (χ4v) is 3.13. The molecule has 1 saturated carbocycles. The first-order chi connectivity index (χ1) is 10.2. The Bertz CT molecular complexity index is 677. The Balaban J connectivity index is 1.50. The van der Waals surface area contributed by atoms with Crippen molar-refractivity contribution >= 4 is 11.6 Å². The third-order valence-corrected chi connectivity index (χ3v) is 4.52. The number of fused-ring (bicyclic) bond motifs is 1. The van der Waals surface area contributed by atoms with Crippen LogP contribution in [-0.2, 0) is 26.6 Å². The predicted octanol–water partition coefficient (Wildman–Crippen LogP) is 2.30. The first-order valence-electron chi connectivity index (χ1n) is 7.44. The molecule has 5 nitrogen and oxygen atoms in total. The van der Waals surface area contributed by atoms with Crippen molar-refractivity contribution in [2.45, 2.75) is 38.3 Å². The van der Waals surface area contributed by atoms with E-state index in [-0.39, 0.29) is 0 Å². The molecule has 4 rings (SSSR count). The number of halogens is 1. The molecule has 1 aliphatic heterocycles. The Morgan fingerprint density at radius 1 is 1.38 bits per heavy atom. The molecule has 0 amide bonds. The Hall–Kier alpha value is -1.46. The van der Waals surface area contributed by atoms with Crippen molar-refractivity contribution in [1.82, 2.24) is 24.6 Å². The summed E-state index contributed by atoms with van der Waals surface area (Å²) in [4.78, 5) is 11.6. The highest BCUT2D eigenvalue weighted by molar-refractivity contribution is 6.31. The lowest BCUT2D eigenvalue weighted by molar-refractivity contribution is 0.239. The van der Waals surface area contributed by atoms with Gasteiger partial charge in [0.1, 0.15) is 5.82 Å². The normalized spacial score (nSPS) is 18.8. The maximum atomic E-state index is 6.19. The van der Waals surface area contributed by atoms with E-state index >= 15 is 0 Å². The second-order valence-electron chi connectivity index (χ2n) is 6.03. The van der Waals surface area contributed by atoms with Crippen molar-refractivity contribution < 1.29 is 0 Å². The maximum absolute atomic E-state index is 6.19. The Morgan fingerprint density at radius 2 is 2.24 bits per heavy atom. The van der Waals surface area contributed by atoms with Crippen LogP contribution in [0.25, 0.3) is 0 Å². The molecule has 110 valence electrons. The van der Waals surface area contributed by atoms with Crippen LogP contribution in [0.5, 0.6) is 0 Å². The summed E-state index contributed by atoms with van der Waals surface area (Å²) in [6.07, 6.45) is 7.36. The van der Waals surface area contributed by atoms with Crippen molar-refractivity contribution in [3.63, 3.8) is 0 Å². The molecule has 21 heavy (non-hydrogen) atoms. The maximum Gasteiger partial charge on any atom is 0.131 e. The van der Waals surface area contributed by atoms with Gasteiger partial charge in [0.05, 0.1) is 10.7 Å². The van der Waals surface area contributed by atoms with Gasteiger partial charge in [-0.25, -0.2) is 9.97 Å². The van der Waals surface area contributed by atoms with Gasteiger partial charge in [0.15, 0.2) is 0 Å². The summed E-state index contributed by atoms with van der Waals surface area (Å²) in [5, 5.41) is 5.16. The van der Waals surface area contributed by atoms with Crippen molar-refractivity contribution in [3.8, 4) is 0 Å². The Morgan fingerprint density at radius 3 is 2.95 bits per heavy atom. The van der Waals surface area contributed by atoms with Crippen LogP contribution >= 0.6 is 11.6 Å². The lowest BCUT2D eigenvalue weighted by Crippen LogP contribution is -2.31. The SMILES string of the molecule is Cn1cc(Cl)c(CN2CCc3nc(C4CC4)ncc3C2)n1. The molecule has 0 atom stereocenters. The van der Waals surface area contributed by atoms with Crippen molar-refractivity contribution in [3.05, 3.63) is 40.2 Å². The summed E-state index contributed by atoms with van der Waals surface area (Å²) < 4.78 is 1.76. The summed E-state index contributed by atoms with van der Waals surface area (Å²) in [5.74, 6) is 1.68. The minimum absolute atomic E-state index is 0.626. The highest BCUT2D eigenvalue weighted by Crippen LogP contribution is 2.38. The molecule has 0 spiro atoms. The summed E-state index contributed by atoms with van der Waals surface area (Å²) >= 11 is 6.19. The molecule has 3 heterocycles. The minimum atomic E-state index is 0.626. The number of aromatic nitrogens is 4. The molecule has 0 saturated heterocycles. The Kier molecular flexibility index (Phi) is 3.19. The molecule has 0 unspecified atom stereocenters. The van der Waals surface area contributed by atoms with Gasteiger partial charge in [-0.05, 0) is 12.8 Å². The topological polar surface area (TPSA) is 46.8 Å². The molecular formula is C15H18ClN5. The van der Waals surface area contributed by atoms with E-state index in [1.165, 1.54) is 24.1 Å². The van der Waals surface area contributed by atoms with Crippen molar-refractivity contribution in [2.75, 3.05) is 6.54 Å². The lowest BCUT2D eigenvalue weighted by atomic mass is 10.1. The van der Waals surface area contributed by atoms with Crippen LogP contribution in [-0.4, -0.2) is 31.2 Å². The van der Waals surface area contributed by atoms with E-state index in [9.17, 15) is 0 Å². The van der Waals surface area contributed by atoms with Crippen LogP contribution in [0.15, 0.2) is 12.4 Å². The minimum Gasteiger partial charge on any atom is -0.293 e. The van der Waals surface area contributed by atoms with Crippen molar-refractivity contribution in [2.24, 2.45) is 7.05 Å². The van der Waals surface area contributed by atoms with E-state index in [2.05, 4.69) is 15.0 Å². The monoisotopic (exact) mass is 303 g/mol. The largest absolute Gasteiger partial charge is 0.293 e. The van der Waals surface area contributed by atoms with E-state index in [4.69, 9.17) is 16.6 Å². The Labute approximate surface area is 129 Å². The highest BCUT2D eigenvalue weighted by atomic mass is 35.5. The van der Waals surface area contributed by atoms with E-state index in [0.29, 0.717) is 5.92 Å². The van der Waals surface area contributed by atoms with Gasteiger partial charge in [0, 0.05) is 62.7 Å². The smallest absolute Gasteiger partial charge is 0.131 e. The molecule has 1 fully saturated rings. The standard InChI is InChI=1S/C15H18ClN5/c1-20-8-12(16)14(19-20)9-21-5-4-13-11(7-21)6-17-15(18-13)10-2-3-10/h6,8,10H,2-5,7,9H2,1H3. The lowest BCUT2D eigenvalue weighted by Gasteiger charge is -2.27. The van der Waals surface area contributed by atoms with Gasteiger partial charge in [-0.15, -0.1) is 0 Å². The highest BCUT2D eigenvalue weighted by Gasteiger charge is 2.28. The van der Waals surface area contributed by atoms with Gasteiger partial charge >= 0.3 is 0 Å². The molecule has 1 aliphatic carbocycles. The quantitative estimate of drug-likeness (QED) is 0.873. The molecule has 6 heteroatoms. The molecule has 2 aliphatic rings. The van der Waals surface area contributed by atoms with Crippen LogP contribution in [0.2, 0.25) is 5.02 Å². The van der Waals surface area contributed by atoms with Gasteiger partial charge in [0.25, 0.3) is 0 Å². The average Bonchev–Trinajstić information content (AvgIpc) is 3.26.